The van der Waals surface area contributed by atoms with E-state index in [0.717, 1.165) is 31.5 Å². The monoisotopic (exact) mass is 479 g/mol. The van der Waals surface area contributed by atoms with Crippen LogP contribution in [0, 0.1) is 11.6 Å². The third-order valence-corrected chi connectivity index (χ3v) is 6.89. The van der Waals surface area contributed by atoms with Crippen molar-refractivity contribution < 1.29 is 27.9 Å². The maximum atomic E-state index is 13.8. The Kier molecular flexibility index (Phi) is 7.62. The second-order valence-corrected chi connectivity index (χ2v) is 9.14. The summed E-state index contributed by atoms with van der Waals surface area (Å²) in [6.07, 6.45) is 3.32. The number of carbonyl (C=O) groups is 3. The molecule has 0 radical (unpaired) electrons. The Morgan fingerprint density at radius 2 is 2.09 bits per heavy atom. The Hall–Kier alpha value is -2.79. The van der Waals surface area contributed by atoms with Gasteiger partial charge in [0.15, 0.2) is 0 Å². The minimum Gasteiger partial charge on any atom is -0.383 e. The average molecular weight is 480 g/mol. The van der Waals surface area contributed by atoms with Crippen LogP contribution < -0.4 is 16.0 Å². The number of urea groups is 1. The molecular weight excluding hydrogens is 448 g/mol. The van der Waals surface area contributed by atoms with Gasteiger partial charge in [0.2, 0.25) is 11.8 Å². The van der Waals surface area contributed by atoms with Crippen molar-refractivity contribution >= 4 is 23.5 Å². The molecule has 3 aliphatic rings. The summed E-state index contributed by atoms with van der Waals surface area (Å²) in [4.78, 5) is 41.5. The predicted octanol–water partition coefficient (Wildman–Crippen LogP) is 1.45. The Morgan fingerprint density at radius 3 is 2.85 bits per heavy atom. The summed E-state index contributed by atoms with van der Waals surface area (Å²) in [7, 11) is 1.64. The number of methoxy groups -OCH3 is 1. The van der Waals surface area contributed by atoms with E-state index in [-0.39, 0.29) is 35.6 Å². The normalized spacial score (nSPS) is 26.8. The minimum absolute atomic E-state index is 0.0143. The summed E-state index contributed by atoms with van der Waals surface area (Å²) < 4.78 is 32.1. The molecule has 34 heavy (non-hydrogen) atoms. The van der Waals surface area contributed by atoms with Crippen molar-refractivity contribution in [2.24, 2.45) is 0 Å². The molecule has 186 valence electrons. The molecule has 4 rings (SSSR count). The minimum atomic E-state index is -0.867. The number of rotatable bonds is 7. The summed E-state index contributed by atoms with van der Waals surface area (Å²) in [5.74, 6) is -1.60. The van der Waals surface area contributed by atoms with Gasteiger partial charge < -0.3 is 25.6 Å². The summed E-state index contributed by atoms with van der Waals surface area (Å²) in [5.41, 5.74) is -0.127. The average Bonchev–Trinajstić information content (AvgIpc) is 3.43. The number of likely N-dealkylation sites (tertiary alicyclic amines) is 1. The molecule has 0 unspecified atom stereocenters. The standard InChI is InChI=1S/C23H31F2N5O4/c1-34-13-17-3-2-8-29(17)21(31)7-5-16-11-26-22(32)20-10-15(12-30(16)20)27-23(33)28-19-6-4-14(24)9-18(19)25/h4,6,9,15-17,20H,2-3,5,7-8,10-13H2,1H3,(H,26,32)(H2,27,28,33)/t15-,16+,17+,20-/m0/s1. The molecule has 3 N–H and O–H groups in total. The third kappa shape index (κ3) is 5.47. The molecule has 3 saturated heterocycles. The molecule has 0 spiro atoms. The number of hydrogen-bond acceptors (Lipinski definition) is 5. The fourth-order valence-electron chi connectivity index (χ4n) is 5.25. The molecule has 3 aliphatic heterocycles. The Labute approximate surface area is 197 Å². The Balaban J connectivity index is 1.31. The highest BCUT2D eigenvalue weighted by Crippen LogP contribution is 2.27. The Morgan fingerprint density at radius 1 is 1.26 bits per heavy atom. The number of piperazine rings is 1. The SMILES string of the molecule is COC[C@H]1CCCN1C(=O)CC[C@@H]1CNC(=O)[C@@H]2C[C@H](NC(=O)Nc3ccc(F)cc3F)CN12. The van der Waals surface area contributed by atoms with Gasteiger partial charge in [-0.1, -0.05) is 0 Å². The molecule has 4 amide bonds. The number of benzene rings is 1. The van der Waals surface area contributed by atoms with E-state index in [9.17, 15) is 23.2 Å². The second kappa shape index (κ2) is 10.6. The van der Waals surface area contributed by atoms with Gasteiger partial charge in [-0.3, -0.25) is 14.5 Å². The lowest BCUT2D eigenvalue weighted by Gasteiger charge is -2.37. The van der Waals surface area contributed by atoms with Crippen LogP contribution in [0.3, 0.4) is 0 Å². The van der Waals surface area contributed by atoms with Gasteiger partial charge >= 0.3 is 6.03 Å². The smallest absolute Gasteiger partial charge is 0.319 e. The lowest BCUT2D eigenvalue weighted by atomic mass is 10.0. The summed E-state index contributed by atoms with van der Waals surface area (Å²) in [6.45, 7) is 2.18. The number of hydrogen-bond donors (Lipinski definition) is 3. The molecule has 0 saturated carbocycles. The van der Waals surface area contributed by atoms with Gasteiger partial charge in [-0.05, 0) is 37.8 Å². The van der Waals surface area contributed by atoms with Gasteiger partial charge in [0.05, 0.1) is 24.4 Å². The highest BCUT2D eigenvalue weighted by molar-refractivity contribution is 5.90. The number of nitrogens with one attached hydrogen (secondary N) is 3. The van der Waals surface area contributed by atoms with Crippen molar-refractivity contribution in [3.8, 4) is 0 Å². The van der Waals surface area contributed by atoms with Gasteiger partial charge in [-0.15, -0.1) is 0 Å². The van der Waals surface area contributed by atoms with Gasteiger partial charge in [0.25, 0.3) is 0 Å². The molecule has 4 atom stereocenters. The highest BCUT2D eigenvalue weighted by Gasteiger charge is 2.44. The fraction of sp³-hybridized carbons (Fsp3) is 0.609. The summed E-state index contributed by atoms with van der Waals surface area (Å²) >= 11 is 0. The molecule has 0 aliphatic carbocycles. The molecule has 1 aromatic carbocycles. The third-order valence-electron chi connectivity index (χ3n) is 6.89. The molecule has 9 nitrogen and oxygen atoms in total. The van der Waals surface area contributed by atoms with E-state index < -0.39 is 23.7 Å². The van der Waals surface area contributed by atoms with E-state index in [1.807, 2.05) is 9.80 Å². The van der Waals surface area contributed by atoms with E-state index in [1.54, 1.807) is 7.11 Å². The molecule has 11 heteroatoms. The number of nitrogens with zero attached hydrogens (tertiary/aromatic N) is 2. The van der Waals surface area contributed by atoms with E-state index in [0.29, 0.717) is 45.0 Å². The number of amides is 4. The molecule has 0 bridgehead atoms. The van der Waals surface area contributed by atoms with Gasteiger partial charge in [0, 0.05) is 51.3 Å². The van der Waals surface area contributed by atoms with Crippen LogP contribution in [0.25, 0.3) is 0 Å². The maximum absolute atomic E-state index is 13.8. The van der Waals surface area contributed by atoms with Crippen molar-refractivity contribution in [2.75, 3.05) is 38.7 Å². The zero-order valence-corrected chi connectivity index (χ0v) is 19.2. The first-order valence-corrected chi connectivity index (χ1v) is 11.7. The largest absolute Gasteiger partial charge is 0.383 e. The van der Waals surface area contributed by atoms with E-state index >= 15 is 0 Å². The quantitative estimate of drug-likeness (QED) is 0.549. The van der Waals surface area contributed by atoms with Gasteiger partial charge in [0.1, 0.15) is 11.6 Å². The fourth-order valence-corrected chi connectivity index (χ4v) is 5.25. The van der Waals surface area contributed by atoms with Crippen LogP contribution in [-0.2, 0) is 14.3 Å². The maximum Gasteiger partial charge on any atom is 0.319 e. The van der Waals surface area contributed by atoms with Crippen LogP contribution in [0.15, 0.2) is 18.2 Å². The van der Waals surface area contributed by atoms with E-state index in [1.165, 1.54) is 0 Å². The predicted molar refractivity (Wildman–Crippen MR) is 120 cm³/mol. The lowest BCUT2D eigenvalue weighted by molar-refractivity contribution is -0.133. The molecule has 0 aromatic heterocycles. The summed E-state index contributed by atoms with van der Waals surface area (Å²) in [5, 5.41) is 8.07. The van der Waals surface area contributed by atoms with E-state index in [4.69, 9.17) is 4.74 Å². The number of anilines is 1. The number of halogens is 2. The van der Waals surface area contributed by atoms with Crippen molar-refractivity contribution in [1.82, 2.24) is 20.4 Å². The zero-order valence-electron chi connectivity index (χ0n) is 19.2. The van der Waals surface area contributed by atoms with E-state index in [2.05, 4.69) is 16.0 Å². The van der Waals surface area contributed by atoms with Crippen LogP contribution in [0.1, 0.15) is 32.1 Å². The van der Waals surface area contributed by atoms with Crippen LogP contribution in [0.4, 0.5) is 19.3 Å². The van der Waals surface area contributed by atoms with Crippen molar-refractivity contribution in [1.29, 1.82) is 0 Å². The van der Waals surface area contributed by atoms with Crippen LogP contribution in [0.2, 0.25) is 0 Å². The molecule has 3 heterocycles. The number of fused-ring (bicyclic) bond motifs is 1. The van der Waals surface area contributed by atoms with Crippen LogP contribution in [0.5, 0.6) is 0 Å². The Bertz CT molecular complexity index is 933. The van der Waals surface area contributed by atoms with Gasteiger partial charge in [-0.2, -0.15) is 0 Å². The molecular formula is C23H31F2N5O4. The van der Waals surface area contributed by atoms with Crippen molar-refractivity contribution in [3.63, 3.8) is 0 Å². The summed E-state index contributed by atoms with van der Waals surface area (Å²) in [6, 6.07) is 1.68. The highest BCUT2D eigenvalue weighted by atomic mass is 19.1. The topological polar surface area (TPSA) is 103 Å². The van der Waals surface area contributed by atoms with Crippen molar-refractivity contribution in [2.45, 2.75) is 56.3 Å². The van der Waals surface area contributed by atoms with Gasteiger partial charge in [-0.25, -0.2) is 13.6 Å². The molecule has 1 aromatic rings. The van der Waals surface area contributed by atoms with Crippen LogP contribution >= 0.6 is 0 Å². The second-order valence-electron chi connectivity index (χ2n) is 9.14. The molecule has 3 fully saturated rings. The number of carbonyl (C=O) groups excluding carboxylic acids is 3. The van der Waals surface area contributed by atoms with Crippen molar-refractivity contribution in [3.05, 3.63) is 29.8 Å². The first-order valence-electron chi connectivity index (χ1n) is 11.7. The first kappa shape index (κ1) is 24.3. The lowest BCUT2D eigenvalue weighted by Crippen LogP contribution is -2.58. The van der Waals surface area contributed by atoms with Crippen LogP contribution in [-0.4, -0.2) is 85.2 Å². The number of ether oxygens (including phenoxy) is 1. The first-order chi connectivity index (χ1) is 16.4. The zero-order chi connectivity index (χ0) is 24.2.